The highest BCUT2D eigenvalue weighted by molar-refractivity contribution is 6.31. The second kappa shape index (κ2) is 5.09. The van der Waals surface area contributed by atoms with Gasteiger partial charge in [0.2, 0.25) is 0 Å². The molecule has 0 spiro atoms. The smallest absolute Gasteiger partial charge is 0.142 e. The monoisotopic (exact) mass is 263 g/mol. The lowest BCUT2D eigenvalue weighted by molar-refractivity contribution is 0.624. The summed E-state index contributed by atoms with van der Waals surface area (Å²) in [6.45, 7) is 3.99. The first kappa shape index (κ1) is 13.1. The Bertz CT molecular complexity index is 579. The van der Waals surface area contributed by atoms with Gasteiger partial charge < -0.3 is 5.73 Å². The molecule has 1 nitrogen and oxygen atoms in total. The van der Waals surface area contributed by atoms with E-state index in [4.69, 9.17) is 17.3 Å². The third kappa shape index (κ3) is 2.40. The van der Waals surface area contributed by atoms with E-state index in [1.165, 1.54) is 6.07 Å². The zero-order valence-electron chi connectivity index (χ0n) is 10.4. The summed E-state index contributed by atoms with van der Waals surface area (Å²) in [5.74, 6) is -0.435. The van der Waals surface area contributed by atoms with Crippen LogP contribution in [0.5, 0.6) is 0 Å². The number of benzene rings is 2. The Morgan fingerprint density at radius 1 is 1.11 bits per heavy atom. The minimum atomic E-state index is -0.435. The fourth-order valence-electron chi connectivity index (χ4n) is 2.02. The number of nitrogens with two attached hydrogens (primary N) is 1. The highest BCUT2D eigenvalue weighted by Gasteiger charge is 2.16. The molecule has 0 saturated carbocycles. The van der Waals surface area contributed by atoms with Crippen LogP contribution in [-0.4, -0.2) is 0 Å². The van der Waals surface area contributed by atoms with Gasteiger partial charge in [-0.2, -0.15) is 0 Å². The van der Waals surface area contributed by atoms with Gasteiger partial charge in [0, 0.05) is 0 Å². The topological polar surface area (TPSA) is 26.0 Å². The Balaban J connectivity index is 2.51. The van der Waals surface area contributed by atoms with Crippen molar-refractivity contribution >= 4 is 11.6 Å². The van der Waals surface area contributed by atoms with E-state index in [2.05, 4.69) is 0 Å². The van der Waals surface area contributed by atoms with Crippen LogP contribution in [0.3, 0.4) is 0 Å². The van der Waals surface area contributed by atoms with Crippen molar-refractivity contribution in [2.24, 2.45) is 5.73 Å². The third-order valence-corrected chi connectivity index (χ3v) is 3.49. The van der Waals surface area contributed by atoms with Gasteiger partial charge in [-0.1, -0.05) is 47.5 Å². The summed E-state index contributed by atoms with van der Waals surface area (Å²) in [5, 5.41) is 0.103. The minimum Gasteiger partial charge on any atom is -0.320 e. The predicted molar refractivity (Wildman–Crippen MR) is 73.4 cm³/mol. The van der Waals surface area contributed by atoms with Crippen molar-refractivity contribution in [3.05, 3.63) is 69.5 Å². The van der Waals surface area contributed by atoms with Crippen molar-refractivity contribution in [2.75, 3.05) is 0 Å². The van der Waals surface area contributed by atoms with E-state index in [0.29, 0.717) is 5.56 Å². The second-order valence-electron chi connectivity index (χ2n) is 4.48. The van der Waals surface area contributed by atoms with E-state index < -0.39 is 11.9 Å². The lowest BCUT2D eigenvalue weighted by Gasteiger charge is -2.17. The van der Waals surface area contributed by atoms with Crippen LogP contribution in [0.1, 0.15) is 28.3 Å². The maximum Gasteiger partial charge on any atom is 0.142 e. The van der Waals surface area contributed by atoms with Gasteiger partial charge in [0.15, 0.2) is 0 Å². The van der Waals surface area contributed by atoms with Crippen LogP contribution in [0.15, 0.2) is 36.4 Å². The fraction of sp³-hybridized carbons (Fsp3) is 0.200. The molecular formula is C15H15ClFN. The number of rotatable bonds is 2. The molecule has 0 bridgehead atoms. The van der Waals surface area contributed by atoms with Crippen LogP contribution in [0.2, 0.25) is 5.02 Å². The molecule has 0 aliphatic rings. The first-order chi connectivity index (χ1) is 8.50. The summed E-state index contributed by atoms with van der Waals surface area (Å²) in [6.07, 6.45) is 0. The summed E-state index contributed by atoms with van der Waals surface area (Å²) in [5.41, 5.74) is 10.00. The van der Waals surface area contributed by atoms with Crippen molar-refractivity contribution in [1.82, 2.24) is 0 Å². The normalized spacial score (nSPS) is 12.5. The fourth-order valence-corrected chi connectivity index (χ4v) is 2.27. The van der Waals surface area contributed by atoms with Crippen LogP contribution in [0.4, 0.5) is 4.39 Å². The van der Waals surface area contributed by atoms with Gasteiger partial charge in [-0.25, -0.2) is 4.39 Å². The zero-order valence-corrected chi connectivity index (χ0v) is 11.1. The summed E-state index contributed by atoms with van der Waals surface area (Å²) < 4.78 is 13.4. The summed E-state index contributed by atoms with van der Waals surface area (Å²) in [7, 11) is 0. The number of hydrogen-bond donors (Lipinski definition) is 1. The van der Waals surface area contributed by atoms with Crippen molar-refractivity contribution < 1.29 is 4.39 Å². The van der Waals surface area contributed by atoms with E-state index in [9.17, 15) is 4.39 Å². The average molecular weight is 264 g/mol. The summed E-state index contributed by atoms with van der Waals surface area (Å²) >= 11 is 5.98. The second-order valence-corrected chi connectivity index (χ2v) is 4.86. The lowest BCUT2D eigenvalue weighted by Crippen LogP contribution is -2.14. The molecule has 0 aromatic heterocycles. The maximum absolute atomic E-state index is 13.4. The molecule has 1 atom stereocenters. The van der Waals surface area contributed by atoms with Crippen LogP contribution in [-0.2, 0) is 0 Å². The average Bonchev–Trinajstić information content (AvgIpc) is 2.35. The Morgan fingerprint density at radius 3 is 2.56 bits per heavy atom. The first-order valence-electron chi connectivity index (χ1n) is 5.77. The maximum atomic E-state index is 13.4. The molecule has 2 aromatic rings. The van der Waals surface area contributed by atoms with E-state index in [-0.39, 0.29) is 5.02 Å². The molecule has 0 amide bonds. The lowest BCUT2D eigenvalue weighted by atomic mass is 9.94. The van der Waals surface area contributed by atoms with E-state index in [1.807, 2.05) is 32.0 Å². The Labute approximate surface area is 111 Å². The summed E-state index contributed by atoms with van der Waals surface area (Å²) in [4.78, 5) is 0. The van der Waals surface area contributed by atoms with Gasteiger partial charge in [0.1, 0.15) is 5.82 Å². The molecule has 0 fully saturated rings. The van der Waals surface area contributed by atoms with Crippen LogP contribution < -0.4 is 5.73 Å². The Kier molecular flexibility index (Phi) is 3.69. The highest BCUT2D eigenvalue weighted by atomic mass is 35.5. The molecule has 2 rings (SSSR count). The van der Waals surface area contributed by atoms with Crippen LogP contribution in [0.25, 0.3) is 0 Å². The number of aryl methyl sites for hydroxylation is 2. The van der Waals surface area contributed by atoms with Gasteiger partial charge in [-0.3, -0.25) is 0 Å². The molecule has 1 unspecified atom stereocenters. The van der Waals surface area contributed by atoms with Crippen molar-refractivity contribution in [3.63, 3.8) is 0 Å². The van der Waals surface area contributed by atoms with Crippen molar-refractivity contribution in [1.29, 1.82) is 0 Å². The molecule has 0 aliphatic heterocycles. The molecule has 0 radical (unpaired) electrons. The molecule has 0 saturated heterocycles. The minimum absolute atomic E-state index is 0.103. The van der Waals surface area contributed by atoms with E-state index >= 15 is 0 Å². The highest BCUT2D eigenvalue weighted by Crippen LogP contribution is 2.30. The molecule has 3 heteroatoms. The first-order valence-corrected chi connectivity index (χ1v) is 6.15. The SMILES string of the molecule is Cc1ccc(C)c(C(N)c2cccc(F)c2Cl)c1. The van der Waals surface area contributed by atoms with Gasteiger partial charge in [-0.15, -0.1) is 0 Å². The molecule has 94 valence electrons. The van der Waals surface area contributed by atoms with E-state index in [1.54, 1.807) is 12.1 Å². The molecule has 18 heavy (non-hydrogen) atoms. The van der Waals surface area contributed by atoms with Crippen molar-refractivity contribution in [3.8, 4) is 0 Å². The molecule has 0 aliphatic carbocycles. The molecule has 2 aromatic carbocycles. The third-order valence-electron chi connectivity index (χ3n) is 3.09. The van der Waals surface area contributed by atoms with Crippen LogP contribution in [0, 0.1) is 19.7 Å². The largest absolute Gasteiger partial charge is 0.320 e. The zero-order chi connectivity index (χ0) is 13.3. The van der Waals surface area contributed by atoms with Gasteiger partial charge in [0.25, 0.3) is 0 Å². The van der Waals surface area contributed by atoms with Crippen molar-refractivity contribution in [2.45, 2.75) is 19.9 Å². The predicted octanol–water partition coefficient (Wildman–Crippen LogP) is 4.14. The molecule has 0 heterocycles. The Morgan fingerprint density at radius 2 is 1.83 bits per heavy atom. The Hall–Kier alpha value is -1.38. The van der Waals surface area contributed by atoms with Gasteiger partial charge in [0.05, 0.1) is 11.1 Å². The molecule has 2 N–H and O–H groups in total. The quantitative estimate of drug-likeness (QED) is 0.866. The standard InChI is InChI=1S/C15H15ClFN/c1-9-6-7-10(2)12(8-9)15(18)11-4-3-5-13(17)14(11)16/h3-8,15H,18H2,1-2H3. The van der Waals surface area contributed by atoms with E-state index in [0.717, 1.165) is 16.7 Å². The van der Waals surface area contributed by atoms with Gasteiger partial charge in [-0.05, 0) is 36.6 Å². The summed E-state index contributed by atoms with van der Waals surface area (Å²) in [6, 6.07) is 10.4. The number of hydrogen-bond acceptors (Lipinski definition) is 1. The van der Waals surface area contributed by atoms with Crippen LogP contribution >= 0.6 is 11.6 Å². The number of halogens is 2. The van der Waals surface area contributed by atoms with Gasteiger partial charge >= 0.3 is 0 Å². The molecular weight excluding hydrogens is 249 g/mol.